The number of allylic oxidation sites excluding steroid dienone is 2. The summed E-state index contributed by atoms with van der Waals surface area (Å²) in [5, 5.41) is 0. The number of carbonyl (C=O) groups is 1. The summed E-state index contributed by atoms with van der Waals surface area (Å²) in [7, 11) is -1.94. The zero-order chi connectivity index (χ0) is 16.2. The maximum Gasteiger partial charge on any atom is 0.258 e. The van der Waals surface area contributed by atoms with E-state index in [1.165, 1.54) is 0 Å². The average molecular weight is 309 g/mol. The van der Waals surface area contributed by atoms with Crippen molar-refractivity contribution in [1.29, 1.82) is 0 Å². The van der Waals surface area contributed by atoms with Gasteiger partial charge < -0.3 is 4.43 Å². The SMILES string of the molecule is CC(C)[Si](OC1=CC(=O)[C@H]2C[C@@H]1C2(C)C)(C(C)C)C(C)C. The first-order valence-electron chi connectivity index (χ1n) is 8.49. The van der Waals surface area contributed by atoms with Crippen LogP contribution in [0.1, 0.15) is 61.8 Å². The summed E-state index contributed by atoms with van der Waals surface area (Å²) in [6, 6.07) is 0. The summed E-state index contributed by atoms with van der Waals surface area (Å²) >= 11 is 0. The van der Waals surface area contributed by atoms with Gasteiger partial charge >= 0.3 is 0 Å². The van der Waals surface area contributed by atoms with Crippen LogP contribution >= 0.6 is 0 Å². The highest BCUT2D eigenvalue weighted by Crippen LogP contribution is 2.59. The molecule has 0 aliphatic heterocycles. The largest absolute Gasteiger partial charge is 0.545 e. The zero-order valence-corrected chi connectivity index (χ0v) is 16.0. The van der Waals surface area contributed by atoms with Gasteiger partial charge in [0.05, 0.1) is 5.76 Å². The van der Waals surface area contributed by atoms with Gasteiger partial charge in [0.1, 0.15) is 0 Å². The van der Waals surface area contributed by atoms with E-state index in [0.717, 1.165) is 12.2 Å². The Morgan fingerprint density at radius 3 is 1.86 bits per heavy atom. The van der Waals surface area contributed by atoms with E-state index in [-0.39, 0.29) is 17.1 Å². The first-order chi connectivity index (χ1) is 9.55. The number of rotatable bonds is 5. The summed E-state index contributed by atoms with van der Waals surface area (Å²) in [6.07, 6.45) is 2.83. The molecule has 3 rings (SSSR count). The molecule has 120 valence electrons. The Morgan fingerprint density at radius 1 is 1.05 bits per heavy atom. The van der Waals surface area contributed by atoms with Crippen molar-refractivity contribution < 1.29 is 9.22 Å². The molecule has 2 nitrogen and oxygen atoms in total. The van der Waals surface area contributed by atoms with Crippen molar-refractivity contribution in [1.82, 2.24) is 0 Å². The molecule has 0 saturated heterocycles. The number of ketones is 1. The van der Waals surface area contributed by atoms with Crippen molar-refractivity contribution in [3.05, 3.63) is 11.8 Å². The molecule has 3 aliphatic rings. The number of hydrogen-bond acceptors (Lipinski definition) is 2. The van der Waals surface area contributed by atoms with Gasteiger partial charge in [-0.05, 0) is 28.5 Å². The molecule has 0 N–H and O–H groups in total. The quantitative estimate of drug-likeness (QED) is 0.644. The molecule has 0 aromatic carbocycles. The Labute approximate surface area is 131 Å². The van der Waals surface area contributed by atoms with Gasteiger partial charge in [0.15, 0.2) is 5.78 Å². The van der Waals surface area contributed by atoms with Gasteiger partial charge in [-0.2, -0.15) is 0 Å². The van der Waals surface area contributed by atoms with Crippen LogP contribution in [-0.4, -0.2) is 14.1 Å². The molecule has 1 fully saturated rings. The highest BCUT2D eigenvalue weighted by molar-refractivity contribution is 6.77. The van der Waals surface area contributed by atoms with Crippen LogP contribution in [0.4, 0.5) is 0 Å². The van der Waals surface area contributed by atoms with Crippen LogP contribution in [0.3, 0.4) is 0 Å². The summed E-state index contributed by atoms with van der Waals surface area (Å²) in [5.74, 6) is 1.97. The van der Waals surface area contributed by atoms with Gasteiger partial charge in [-0.25, -0.2) is 0 Å². The molecule has 0 spiro atoms. The molecule has 0 heterocycles. The minimum absolute atomic E-state index is 0.0895. The van der Waals surface area contributed by atoms with Crippen molar-refractivity contribution >= 4 is 14.1 Å². The fraction of sp³-hybridized carbons (Fsp3) is 0.833. The third kappa shape index (κ3) is 2.32. The summed E-state index contributed by atoms with van der Waals surface area (Å²) < 4.78 is 6.80. The van der Waals surface area contributed by atoms with Gasteiger partial charge in [-0.15, -0.1) is 0 Å². The number of carbonyl (C=O) groups excluding carboxylic acids is 1. The second kappa shape index (κ2) is 5.26. The Balaban J connectivity index is 2.36. The average Bonchev–Trinajstić information content (AvgIpc) is 2.33. The lowest BCUT2D eigenvalue weighted by atomic mass is 9.50. The second-order valence-electron chi connectivity index (χ2n) is 8.53. The molecule has 0 aromatic rings. The fourth-order valence-electron chi connectivity index (χ4n) is 4.89. The first kappa shape index (κ1) is 16.8. The van der Waals surface area contributed by atoms with E-state index < -0.39 is 8.32 Å². The molecule has 2 atom stereocenters. The van der Waals surface area contributed by atoms with E-state index in [1.807, 2.05) is 6.08 Å². The van der Waals surface area contributed by atoms with Gasteiger partial charge in [0, 0.05) is 17.9 Å². The Hall–Kier alpha value is -0.573. The van der Waals surface area contributed by atoms with Crippen LogP contribution < -0.4 is 0 Å². The van der Waals surface area contributed by atoms with Gasteiger partial charge in [-0.3, -0.25) is 4.79 Å². The number of hydrogen-bond donors (Lipinski definition) is 0. The van der Waals surface area contributed by atoms with E-state index in [0.29, 0.717) is 22.5 Å². The van der Waals surface area contributed by atoms with E-state index >= 15 is 0 Å². The fourth-order valence-corrected chi connectivity index (χ4v) is 10.2. The Morgan fingerprint density at radius 2 is 1.52 bits per heavy atom. The number of fused-ring (bicyclic) bond motifs is 1. The molecule has 2 bridgehead atoms. The third-order valence-corrected chi connectivity index (χ3v) is 12.2. The van der Waals surface area contributed by atoms with Crippen LogP contribution in [-0.2, 0) is 9.22 Å². The monoisotopic (exact) mass is 308 g/mol. The molecular formula is C18H32O2Si. The normalized spacial score (nSPS) is 28.0. The van der Waals surface area contributed by atoms with E-state index in [1.54, 1.807) is 0 Å². The van der Waals surface area contributed by atoms with Crippen LogP contribution in [0.5, 0.6) is 0 Å². The van der Waals surface area contributed by atoms with Crippen molar-refractivity contribution in [2.24, 2.45) is 17.3 Å². The van der Waals surface area contributed by atoms with Crippen molar-refractivity contribution in [3.8, 4) is 0 Å². The van der Waals surface area contributed by atoms with Crippen LogP contribution in [0.15, 0.2) is 11.8 Å². The minimum Gasteiger partial charge on any atom is -0.545 e. The van der Waals surface area contributed by atoms with Crippen LogP contribution in [0, 0.1) is 17.3 Å². The Kier molecular flexibility index (Phi) is 4.20. The third-order valence-electron chi connectivity index (χ3n) is 6.24. The molecule has 1 saturated carbocycles. The molecular weight excluding hydrogens is 276 g/mol. The maximum atomic E-state index is 12.3. The zero-order valence-electron chi connectivity index (χ0n) is 15.0. The van der Waals surface area contributed by atoms with Gasteiger partial charge in [-0.1, -0.05) is 55.4 Å². The Bertz CT molecular complexity index is 438. The van der Waals surface area contributed by atoms with Gasteiger partial charge in [0.25, 0.3) is 8.32 Å². The molecule has 21 heavy (non-hydrogen) atoms. The predicted molar refractivity (Wildman–Crippen MR) is 90.6 cm³/mol. The highest BCUT2D eigenvalue weighted by atomic mass is 28.4. The summed E-state index contributed by atoms with van der Waals surface area (Å²) in [4.78, 5) is 12.3. The topological polar surface area (TPSA) is 26.3 Å². The standard InChI is InChI=1S/C18H32O2Si/c1-11(2)21(12(3)4,13(5)6)20-17-10-16(19)14-9-15(17)18(14,7)8/h10-15H,9H2,1-8H3/t14-,15+/m1/s1. The van der Waals surface area contributed by atoms with E-state index in [9.17, 15) is 4.79 Å². The molecule has 0 unspecified atom stereocenters. The van der Waals surface area contributed by atoms with Crippen molar-refractivity contribution in [2.75, 3.05) is 0 Å². The van der Waals surface area contributed by atoms with Crippen molar-refractivity contribution in [3.63, 3.8) is 0 Å². The van der Waals surface area contributed by atoms with E-state index in [2.05, 4.69) is 55.4 Å². The molecule has 3 aliphatic carbocycles. The molecule has 3 heteroatoms. The first-order valence-corrected chi connectivity index (χ1v) is 10.6. The molecule has 0 radical (unpaired) electrons. The predicted octanol–water partition coefficient (Wildman–Crippen LogP) is 5.31. The van der Waals surface area contributed by atoms with Gasteiger partial charge in [0.2, 0.25) is 0 Å². The molecule has 0 amide bonds. The van der Waals surface area contributed by atoms with Crippen LogP contribution in [0.2, 0.25) is 16.6 Å². The maximum absolute atomic E-state index is 12.3. The van der Waals surface area contributed by atoms with Crippen molar-refractivity contribution in [2.45, 2.75) is 78.4 Å². The summed E-state index contributed by atoms with van der Waals surface area (Å²) in [6.45, 7) is 18.2. The molecule has 0 aromatic heterocycles. The minimum atomic E-state index is -1.94. The second-order valence-corrected chi connectivity index (χ2v) is 13.9. The lowest BCUT2D eigenvalue weighted by Gasteiger charge is -2.56. The lowest BCUT2D eigenvalue weighted by Crippen LogP contribution is -2.56. The highest BCUT2D eigenvalue weighted by Gasteiger charge is 2.58. The smallest absolute Gasteiger partial charge is 0.258 e. The van der Waals surface area contributed by atoms with E-state index in [4.69, 9.17) is 4.43 Å². The van der Waals surface area contributed by atoms with Crippen LogP contribution in [0.25, 0.3) is 0 Å². The summed E-state index contributed by atoms with van der Waals surface area (Å²) in [5.41, 5.74) is 1.74. The lowest BCUT2D eigenvalue weighted by molar-refractivity contribution is -0.136.